The molecule has 7 heteroatoms. The van der Waals surface area contributed by atoms with Crippen molar-refractivity contribution in [1.82, 2.24) is 20.1 Å². The van der Waals surface area contributed by atoms with Crippen molar-refractivity contribution in [3.8, 4) is 11.4 Å². The fourth-order valence-electron chi connectivity index (χ4n) is 2.64. The van der Waals surface area contributed by atoms with Crippen molar-refractivity contribution in [2.75, 3.05) is 19.4 Å². The third-order valence-corrected chi connectivity index (χ3v) is 5.25. The van der Waals surface area contributed by atoms with Gasteiger partial charge in [0.05, 0.1) is 18.6 Å². The average Bonchev–Trinajstić information content (AvgIpc) is 3.15. The number of carbonyl (C=O) groups excluding carboxylic acids is 1. The van der Waals surface area contributed by atoms with E-state index in [9.17, 15) is 4.79 Å². The standard InChI is InChI=1S/C19H28N4O2S/c1-4-6-8-15(5-2)12-20-18(24)13-26-19-22-21-14-23(19)16-9-7-10-17(11-16)25-3/h7,9-11,14-15H,4-6,8,12-13H2,1-3H3,(H,20,24)/t15-/m1/s1. The van der Waals surface area contributed by atoms with Crippen molar-refractivity contribution < 1.29 is 9.53 Å². The lowest BCUT2D eigenvalue weighted by atomic mass is 9.99. The summed E-state index contributed by atoms with van der Waals surface area (Å²) in [4.78, 5) is 12.2. The van der Waals surface area contributed by atoms with E-state index in [1.165, 1.54) is 31.0 Å². The highest BCUT2D eigenvalue weighted by Crippen LogP contribution is 2.22. The summed E-state index contributed by atoms with van der Waals surface area (Å²) >= 11 is 1.38. The third-order valence-electron chi connectivity index (χ3n) is 4.31. The molecule has 0 fully saturated rings. The average molecular weight is 377 g/mol. The predicted molar refractivity (Wildman–Crippen MR) is 105 cm³/mol. The van der Waals surface area contributed by atoms with Crippen molar-refractivity contribution in [2.45, 2.75) is 44.7 Å². The number of aromatic nitrogens is 3. The number of amides is 1. The van der Waals surface area contributed by atoms with E-state index in [0.717, 1.165) is 24.4 Å². The van der Waals surface area contributed by atoms with Gasteiger partial charge in [0.2, 0.25) is 5.91 Å². The molecule has 0 bridgehead atoms. The second-order valence-electron chi connectivity index (χ2n) is 6.19. The summed E-state index contributed by atoms with van der Waals surface area (Å²) in [6, 6.07) is 7.66. The van der Waals surface area contributed by atoms with E-state index < -0.39 is 0 Å². The normalized spacial score (nSPS) is 12.0. The van der Waals surface area contributed by atoms with E-state index in [1.807, 2.05) is 28.8 Å². The van der Waals surface area contributed by atoms with Crippen LogP contribution in [-0.4, -0.2) is 40.1 Å². The molecule has 0 radical (unpaired) electrons. The lowest BCUT2D eigenvalue weighted by Crippen LogP contribution is -2.30. The fourth-order valence-corrected chi connectivity index (χ4v) is 3.40. The monoisotopic (exact) mass is 376 g/mol. The molecule has 142 valence electrons. The van der Waals surface area contributed by atoms with Crippen LogP contribution in [0.4, 0.5) is 0 Å². The Bertz CT molecular complexity index is 690. The molecule has 6 nitrogen and oxygen atoms in total. The number of hydrogen-bond donors (Lipinski definition) is 1. The minimum absolute atomic E-state index is 0.0325. The molecule has 0 aliphatic carbocycles. The Morgan fingerprint density at radius 2 is 2.23 bits per heavy atom. The van der Waals surface area contributed by atoms with Gasteiger partial charge >= 0.3 is 0 Å². The first-order chi connectivity index (χ1) is 12.7. The number of methoxy groups -OCH3 is 1. The Morgan fingerprint density at radius 3 is 2.96 bits per heavy atom. The summed E-state index contributed by atoms with van der Waals surface area (Å²) < 4.78 is 7.12. The highest BCUT2D eigenvalue weighted by atomic mass is 32.2. The zero-order chi connectivity index (χ0) is 18.8. The van der Waals surface area contributed by atoms with E-state index in [-0.39, 0.29) is 5.91 Å². The summed E-state index contributed by atoms with van der Waals surface area (Å²) in [6.07, 6.45) is 6.32. The van der Waals surface area contributed by atoms with Gasteiger partial charge < -0.3 is 10.1 Å². The first-order valence-corrected chi connectivity index (χ1v) is 10.1. The number of unbranched alkanes of at least 4 members (excludes halogenated alkanes) is 1. The lowest BCUT2D eigenvalue weighted by Gasteiger charge is -2.15. The van der Waals surface area contributed by atoms with E-state index in [2.05, 4.69) is 29.4 Å². The number of carbonyl (C=O) groups is 1. The van der Waals surface area contributed by atoms with Crippen LogP contribution < -0.4 is 10.1 Å². The second-order valence-corrected chi connectivity index (χ2v) is 7.14. The fraction of sp³-hybridized carbons (Fsp3) is 0.526. The zero-order valence-electron chi connectivity index (χ0n) is 15.8. The van der Waals surface area contributed by atoms with Gasteiger partial charge in [-0.1, -0.05) is 50.9 Å². The van der Waals surface area contributed by atoms with Crippen LogP contribution >= 0.6 is 11.8 Å². The Morgan fingerprint density at radius 1 is 1.38 bits per heavy atom. The quantitative estimate of drug-likeness (QED) is 0.606. The molecule has 1 atom stereocenters. The van der Waals surface area contributed by atoms with Crippen LogP contribution in [0, 0.1) is 5.92 Å². The molecular weight excluding hydrogens is 348 g/mol. The van der Waals surface area contributed by atoms with Gasteiger partial charge in [-0.15, -0.1) is 10.2 Å². The second kappa shape index (κ2) is 10.9. The Balaban J connectivity index is 1.88. The van der Waals surface area contributed by atoms with Gasteiger partial charge in [-0.2, -0.15) is 0 Å². The summed E-state index contributed by atoms with van der Waals surface area (Å²) in [5, 5.41) is 11.8. The molecule has 0 saturated heterocycles. The smallest absolute Gasteiger partial charge is 0.230 e. The molecule has 2 rings (SSSR count). The minimum Gasteiger partial charge on any atom is -0.497 e. The predicted octanol–water partition coefficient (Wildman–Crippen LogP) is 3.70. The number of rotatable bonds is 11. The van der Waals surface area contributed by atoms with E-state index in [0.29, 0.717) is 16.8 Å². The number of ether oxygens (including phenoxy) is 1. The van der Waals surface area contributed by atoms with Gasteiger partial charge in [-0.3, -0.25) is 9.36 Å². The van der Waals surface area contributed by atoms with Gasteiger partial charge in [0.15, 0.2) is 5.16 Å². The maximum atomic E-state index is 12.2. The highest BCUT2D eigenvalue weighted by molar-refractivity contribution is 7.99. The molecule has 1 heterocycles. The number of hydrogen-bond acceptors (Lipinski definition) is 5. The van der Waals surface area contributed by atoms with E-state index >= 15 is 0 Å². The maximum absolute atomic E-state index is 12.2. The topological polar surface area (TPSA) is 69.0 Å². The lowest BCUT2D eigenvalue weighted by molar-refractivity contribution is -0.118. The number of thioether (sulfide) groups is 1. The van der Waals surface area contributed by atoms with Crippen LogP contribution in [0.3, 0.4) is 0 Å². The van der Waals surface area contributed by atoms with Gasteiger partial charge in [0, 0.05) is 12.6 Å². The first kappa shape index (κ1) is 20.3. The number of nitrogens with zero attached hydrogens (tertiary/aromatic N) is 3. The van der Waals surface area contributed by atoms with Crippen molar-refractivity contribution in [2.24, 2.45) is 5.92 Å². The van der Waals surface area contributed by atoms with Crippen molar-refractivity contribution in [1.29, 1.82) is 0 Å². The molecule has 0 spiro atoms. The van der Waals surface area contributed by atoms with Crippen LogP contribution in [0.1, 0.15) is 39.5 Å². The van der Waals surface area contributed by atoms with Crippen LogP contribution in [-0.2, 0) is 4.79 Å². The summed E-state index contributed by atoms with van der Waals surface area (Å²) in [6.45, 7) is 5.12. The van der Waals surface area contributed by atoms with E-state index in [1.54, 1.807) is 13.4 Å². The molecule has 0 saturated carbocycles. The molecule has 2 aromatic rings. The third kappa shape index (κ3) is 6.05. The van der Waals surface area contributed by atoms with Crippen LogP contribution in [0.5, 0.6) is 5.75 Å². The number of benzene rings is 1. The SMILES string of the molecule is CCCC[C@@H](CC)CNC(=O)CSc1nncn1-c1cccc(OC)c1. The largest absolute Gasteiger partial charge is 0.497 e. The molecule has 1 aromatic heterocycles. The van der Waals surface area contributed by atoms with Crippen molar-refractivity contribution >= 4 is 17.7 Å². The van der Waals surface area contributed by atoms with Crippen molar-refractivity contribution in [3.05, 3.63) is 30.6 Å². The molecule has 1 N–H and O–H groups in total. The molecule has 26 heavy (non-hydrogen) atoms. The summed E-state index contributed by atoms with van der Waals surface area (Å²) in [5.41, 5.74) is 0.905. The highest BCUT2D eigenvalue weighted by Gasteiger charge is 2.12. The zero-order valence-corrected chi connectivity index (χ0v) is 16.6. The molecule has 1 amide bonds. The molecule has 0 aliphatic heterocycles. The summed E-state index contributed by atoms with van der Waals surface area (Å²) in [5.74, 6) is 1.68. The molecule has 1 aromatic carbocycles. The maximum Gasteiger partial charge on any atom is 0.230 e. The Labute approximate surface area is 159 Å². The van der Waals surface area contributed by atoms with Crippen LogP contribution in [0.25, 0.3) is 5.69 Å². The number of nitrogens with one attached hydrogen (secondary N) is 1. The Kier molecular flexibility index (Phi) is 8.47. The minimum atomic E-state index is 0.0325. The van der Waals surface area contributed by atoms with Gasteiger partial charge in [-0.05, 0) is 24.5 Å². The first-order valence-electron chi connectivity index (χ1n) is 9.11. The summed E-state index contributed by atoms with van der Waals surface area (Å²) in [7, 11) is 1.63. The van der Waals surface area contributed by atoms with Gasteiger partial charge in [0.25, 0.3) is 0 Å². The van der Waals surface area contributed by atoms with Crippen molar-refractivity contribution in [3.63, 3.8) is 0 Å². The van der Waals surface area contributed by atoms with Crippen LogP contribution in [0.2, 0.25) is 0 Å². The Hall–Kier alpha value is -2.02. The van der Waals surface area contributed by atoms with Gasteiger partial charge in [0.1, 0.15) is 12.1 Å². The molecule has 0 aliphatic rings. The molecular formula is C19H28N4O2S. The molecule has 0 unspecified atom stereocenters. The van der Waals surface area contributed by atoms with E-state index in [4.69, 9.17) is 4.74 Å². The van der Waals surface area contributed by atoms with Gasteiger partial charge in [-0.25, -0.2) is 0 Å². The van der Waals surface area contributed by atoms with Crippen LogP contribution in [0.15, 0.2) is 35.7 Å².